The third kappa shape index (κ3) is 4.62. The number of aldehydes is 1. The van der Waals surface area contributed by atoms with Crippen molar-refractivity contribution in [3.8, 4) is 5.75 Å². The van der Waals surface area contributed by atoms with Crippen LogP contribution in [-0.2, 0) is 4.43 Å². The van der Waals surface area contributed by atoms with Crippen LogP contribution in [0.1, 0.15) is 31.1 Å². The number of ether oxygens (including phenoxy) is 1. The van der Waals surface area contributed by atoms with Gasteiger partial charge >= 0.3 is 0 Å². The first-order valence-corrected chi connectivity index (χ1v) is 10.5. The smallest absolute Gasteiger partial charge is 0.192 e. The summed E-state index contributed by atoms with van der Waals surface area (Å²) in [4.78, 5) is 11.0. The van der Waals surface area contributed by atoms with E-state index in [9.17, 15) is 9.18 Å². The standard InChI is InChI=1S/C15H22BrFO3Si/c1-15(2,3)21(4,5)20-9-8-19-13-7-6-12(16)14(17)11(13)10-18/h6-7,10H,8-9H2,1-5H3. The molecule has 6 heteroatoms. The Kier molecular flexibility index (Phi) is 6.13. The van der Waals surface area contributed by atoms with Crippen molar-refractivity contribution in [2.75, 3.05) is 13.2 Å². The highest BCUT2D eigenvalue weighted by molar-refractivity contribution is 9.10. The lowest BCUT2D eigenvalue weighted by atomic mass is 10.2. The third-order valence-electron chi connectivity index (χ3n) is 3.82. The van der Waals surface area contributed by atoms with Crippen LogP contribution in [0.25, 0.3) is 0 Å². The summed E-state index contributed by atoms with van der Waals surface area (Å²) >= 11 is 3.04. The summed E-state index contributed by atoms with van der Waals surface area (Å²) in [5.74, 6) is -0.364. The van der Waals surface area contributed by atoms with E-state index >= 15 is 0 Å². The first-order chi connectivity index (χ1) is 9.60. The van der Waals surface area contributed by atoms with Crippen LogP contribution in [0.5, 0.6) is 5.75 Å². The second-order valence-corrected chi connectivity index (χ2v) is 12.0. The van der Waals surface area contributed by atoms with Crippen LogP contribution in [0.4, 0.5) is 4.39 Å². The van der Waals surface area contributed by atoms with E-state index in [0.717, 1.165) is 0 Å². The Morgan fingerprint density at radius 1 is 1.29 bits per heavy atom. The zero-order chi connectivity index (χ0) is 16.3. The Morgan fingerprint density at radius 3 is 2.43 bits per heavy atom. The highest BCUT2D eigenvalue weighted by Gasteiger charge is 2.36. The summed E-state index contributed by atoms with van der Waals surface area (Å²) in [6.07, 6.45) is 0.462. The molecule has 0 radical (unpaired) electrons. The van der Waals surface area contributed by atoms with Crippen molar-refractivity contribution in [2.24, 2.45) is 0 Å². The predicted molar refractivity (Wildman–Crippen MR) is 88.1 cm³/mol. The molecule has 0 aromatic heterocycles. The molecule has 1 aromatic rings. The van der Waals surface area contributed by atoms with Crippen molar-refractivity contribution < 1.29 is 18.3 Å². The zero-order valence-corrected chi connectivity index (χ0v) is 15.7. The molecule has 21 heavy (non-hydrogen) atoms. The van der Waals surface area contributed by atoms with Crippen LogP contribution in [0, 0.1) is 5.82 Å². The van der Waals surface area contributed by atoms with Crippen molar-refractivity contribution in [1.82, 2.24) is 0 Å². The van der Waals surface area contributed by atoms with Gasteiger partial charge in [0, 0.05) is 0 Å². The molecule has 0 atom stereocenters. The first-order valence-electron chi connectivity index (χ1n) is 6.80. The zero-order valence-electron chi connectivity index (χ0n) is 13.1. The van der Waals surface area contributed by atoms with E-state index < -0.39 is 14.1 Å². The molecule has 3 nitrogen and oxygen atoms in total. The second-order valence-electron chi connectivity index (χ2n) is 6.35. The highest BCUT2D eigenvalue weighted by Crippen LogP contribution is 2.36. The van der Waals surface area contributed by atoms with Crippen molar-refractivity contribution in [2.45, 2.75) is 38.9 Å². The van der Waals surface area contributed by atoms with Gasteiger partial charge in [-0.15, -0.1) is 0 Å². The Labute approximate surface area is 135 Å². The quantitative estimate of drug-likeness (QED) is 0.406. The highest BCUT2D eigenvalue weighted by atomic mass is 79.9. The number of halogens is 2. The number of carbonyl (C=O) groups is 1. The van der Waals surface area contributed by atoms with Crippen LogP contribution in [-0.4, -0.2) is 27.8 Å². The monoisotopic (exact) mass is 376 g/mol. The lowest BCUT2D eigenvalue weighted by Gasteiger charge is -2.36. The largest absolute Gasteiger partial charge is 0.490 e. The molecule has 0 aliphatic rings. The van der Waals surface area contributed by atoms with E-state index in [1.54, 1.807) is 6.07 Å². The average molecular weight is 377 g/mol. The topological polar surface area (TPSA) is 35.5 Å². The fourth-order valence-electron chi connectivity index (χ4n) is 1.45. The van der Waals surface area contributed by atoms with Crippen LogP contribution in [0.3, 0.4) is 0 Å². The Bertz CT molecular complexity index is 512. The fourth-order valence-corrected chi connectivity index (χ4v) is 2.82. The van der Waals surface area contributed by atoms with E-state index in [1.807, 2.05) is 0 Å². The summed E-state index contributed by atoms with van der Waals surface area (Å²) in [6, 6.07) is 3.09. The molecule has 0 saturated carbocycles. The predicted octanol–water partition coefficient (Wildman–Crippen LogP) is 4.80. The summed E-state index contributed by atoms with van der Waals surface area (Å²) in [5, 5.41) is 0.130. The maximum absolute atomic E-state index is 13.7. The van der Waals surface area contributed by atoms with Gasteiger partial charge in [0.2, 0.25) is 0 Å². The molecule has 0 saturated heterocycles. The summed E-state index contributed by atoms with van der Waals surface area (Å²) in [7, 11) is -1.82. The molecule has 0 aliphatic heterocycles. The molecule has 0 bridgehead atoms. The molecule has 1 rings (SSSR count). The van der Waals surface area contributed by atoms with Gasteiger partial charge in [-0.3, -0.25) is 4.79 Å². The van der Waals surface area contributed by atoms with E-state index in [2.05, 4.69) is 49.8 Å². The molecule has 0 amide bonds. The van der Waals surface area contributed by atoms with Gasteiger partial charge in [0.25, 0.3) is 0 Å². The molecular weight excluding hydrogens is 355 g/mol. The van der Waals surface area contributed by atoms with Gasteiger partial charge in [-0.05, 0) is 46.2 Å². The summed E-state index contributed by atoms with van der Waals surface area (Å²) in [6.45, 7) is 11.5. The average Bonchev–Trinajstić information content (AvgIpc) is 2.37. The van der Waals surface area contributed by atoms with Crippen LogP contribution in [0.2, 0.25) is 18.1 Å². The number of benzene rings is 1. The molecule has 0 aliphatic carbocycles. The SMILES string of the molecule is CC(C)(C)[Si](C)(C)OCCOc1ccc(Br)c(F)c1C=O. The van der Waals surface area contributed by atoms with Gasteiger partial charge in [-0.1, -0.05) is 20.8 Å². The Balaban J connectivity index is 2.62. The number of hydrogen-bond donors (Lipinski definition) is 0. The van der Waals surface area contributed by atoms with Crippen molar-refractivity contribution in [1.29, 1.82) is 0 Å². The van der Waals surface area contributed by atoms with Gasteiger partial charge in [-0.2, -0.15) is 0 Å². The molecule has 0 heterocycles. The van der Waals surface area contributed by atoms with Gasteiger partial charge < -0.3 is 9.16 Å². The summed E-state index contributed by atoms with van der Waals surface area (Å²) < 4.78 is 25.4. The third-order valence-corrected chi connectivity index (χ3v) is 8.97. The van der Waals surface area contributed by atoms with E-state index in [1.165, 1.54) is 6.07 Å². The van der Waals surface area contributed by atoms with Crippen molar-refractivity contribution >= 4 is 30.5 Å². The molecular formula is C15H22BrFO3Si. The number of carbonyl (C=O) groups excluding carboxylic acids is 1. The molecule has 1 aromatic carbocycles. The van der Waals surface area contributed by atoms with Crippen molar-refractivity contribution in [3.63, 3.8) is 0 Å². The maximum atomic E-state index is 13.7. The van der Waals surface area contributed by atoms with Crippen LogP contribution >= 0.6 is 15.9 Å². The molecule has 0 spiro atoms. The van der Waals surface area contributed by atoms with Crippen LogP contribution < -0.4 is 4.74 Å². The molecule has 118 valence electrons. The Hall–Kier alpha value is -0.723. The van der Waals surface area contributed by atoms with Gasteiger partial charge in [-0.25, -0.2) is 4.39 Å². The molecule has 0 N–H and O–H groups in total. The van der Waals surface area contributed by atoms with E-state index in [0.29, 0.717) is 12.9 Å². The Morgan fingerprint density at radius 2 is 1.90 bits per heavy atom. The minimum absolute atomic E-state index is 0.0725. The normalized spacial score (nSPS) is 12.3. The lowest BCUT2D eigenvalue weighted by Crippen LogP contribution is -2.41. The minimum Gasteiger partial charge on any atom is -0.490 e. The fraction of sp³-hybridized carbons (Fsp3) is 0.533. The van der Waals surface area contributed by atoms with Gasteiger partial charge in [0.1, 0.15) is 12.4 Å². The van der Waals surface area contributed by atoms with Gasteiger partial charge in [0.15, 0.2) is 20.4 Å². The minimum atomic E-state index is -1.82. The van der Waals surface area contributed by atoms with E-state index in [4.69, 9.17) is 9.16 Å². The molecule has 0 fully saturated rings. The van der Waals surface area contributed by atoms with Crippen molar-refractivity contribution in [3.05, 3.63) is 28.0 Å². The molecule has 0 unspecified atom stereocenters. The number of hydrogen-bond acceptors (Lipinski definition) is 3. The van der Waals surface area contributed by atoms with Crippen LogP contribution in [0.15, 0.2) is 16.6 Å². The maximum Gasteiger partial charge on any atom is 0.192 e. The second kappa shape index (κ2) is 7.02. The van der Waals surface area contributed by atoms with Gasteiger partial charge in [0.05, 0.1) is 16.6 Å². The number of rotatable bonds is 6. The van der Waals surface area contributed by atoms with E-state index in [-0.39, 0.29) is 27.4 Å². The first kappa shape index (κ1) is 18.3. The summed E-state index contributed by atoms with van der Waals surface area (Å²) in [5.41, 5.74) is -0.0725. The lowest BCUT2D eigenvalue weighted by molar-refractivity contribution is 0.111.